The lowest BCUT2D eigenvalue weighted by molar-refractivity contribution is -0.141. The van der Waals surface area contributed by atoms with Crippen molar-refractivity contribution in [2.45, 2.75) is 25.8 Å². The van der Waals surface area contributed by atoms with Crippen LogP contribution in [0.1, 0.15) is 18.5 Å². The van der Waals surface area contributed by atoms with Gasteiger partial charge in [-0.25, -0.2) is 0 Å². The number of rotatable bonds is 2. The maximum absolute atomic E-state index is 11.6. The Bertz CT molecular complexity index is 493. The molecule has 18 heavy (non-hydrogen) atoms. The standard InChI is InChI=1S/C13H15N3O2/c1-9-6-10(4-5-14-9)15-7-11(8-15)16-12(17)2-3-13(16)18/h4-6,11H,2-3,7-8H2,1H3. The molecular formula is C13H15N3O2. The molecule has 94 valence electrons. The summed E-state index contributed by atoms with van der Waals surface area (Å²) in [5.74, 6) is -0.0360. The molecule has 2 aliphatic rings. The zero-order chi connectivity index (χ0) is 12.7. The molecule has 2 aliphatic heterocycles. The molecule has 2 saturated heterocycles. The number of hydrogen-bond acceptors (Lipinski definition) is 4. The average molecular weight is 245 g/mol. The number of imide groups is 1. The van der Waals surface area contributed by atoms with Crippen molar-refractivity contribution in [2.75, 3.05) is 18.0 Å². The lowest BCUT2D eigenvalue weighted by atomic mass is 10.1. The van der Waals surface area contributed by atoms with Gasteiger partial charge < -0.3 is 4.90 Å². The van der Waals surface area contributed by atoms with Crippen LogP contribution >= 0.6 is 0 Å². The lowest BCUT2D eigenvalue weighted by Crippen LogP contribution is -2.61. The minimum Gasteiger partial charge on any atom is -0.367 e. The van der Waals surface area contributed by atoms with Crippen molar-refractivity contribution in [2.24, 2.45) is 0 Å². The average Bonchev–Trinajstić information content (AvgIpc) is 2.59. The molecule has 0 atom stereocenters. The molecule has 0 aliphatic carbocycles. The Morgan fingerprint density at radius 2 is 1.89 bits per heavy atom. The first kappa shape index (κ1) is 11.2. The van der Waals surface area contributed by atoms with E-state index in [1.54, 1.807) is 6.20 Å². The van der Waals surface area contributed by atoms with Crippen LogP contribution in [0.5, 0.6) is 0 Å². The van der Waals surface area contributed by atoms with Gasteiger partial charge in [-0.05, 0) is 19.1 Å². The highest BCUT2D eigenvalue weighted by Crippen LogP contribution is 2.26. The predicted octanol–water partition coefficient (Wildman–Crippen LogP) is 0.728. The first-order valence-electron chi connectivity index (χ1n) is 6.17. The Morgan fingerprint density at radius 3 is 2.50 bits per heavy atom. The largest absolute Gasteiger partial charge is 0.367 e. The van der Waals surface area contributed by atoms with Gasteiger partial charge in [0.15, 0.2) is 0 Å². The maximum Gasteiger partial charge on any atom is 0.230 e. The van der Waals surface area contributed by atoms with E-state index in [1.165, 1.54) is 4.90 Å². The van der Waals surface area contributed by atoms with Crippen molar-refractivity contribution in [3.05, 3.63) is 24.0 Å². The van der Waals surface area contributed by atoms with E-state index in [0.717, 1.165) is 24.5 Å². The van der Waals surface area contributed by atoms with Gasteiger partial charge in [-0.15, -0.1) is 0 Å². The molecule has 5 nitrogen and oxygen atoms in total. The second-order valence-corrected chi connectivity index (χ2v) is 4.87. The summed E-state index contributed by atoms with van der Waals surface area (Å²) >= 11 is 0. The highest BCUT2D eigenvalue weighted by Gasteiger charge is 2.41. The molecule has 2 amide bonds. The topological polar surface area (TPSA) is 53.5 Å². The SMILES string of the molecule is Cc1cc(N2CC(N3C(=O)CCC3=O)C2)ccn1. The van der Waals surface area contributed by atoms with E-state index in [9.17, 15) is 9.59 Å². The molecule has 5 heteroatoms. The molecule has 1 aromatic heterocycles. The number of carbonyl (C=O) groups excluding carboxylic acids is 2. The van der Waals surface area contributed by atoms with E-state index in [2.05, 4.69) is 9.88 Å². The van der Waals surface area contributed by atoms with Gasteiger partial charge in [0.05, 0.1) is 6.04 Å². The summed E-state index contributed by atoms with van der Waals surface area (Å²) < 4.78 is 0. The van der Waals surface area contributed by atoms with Crippen molar-refractivity contribution in [3.8, 4) is 0 Å². The van der Waals surface area contributed by atoms with Gasteiger partial charge in [-0.1, -0.05) is 0 Å². The number of likely N-dealkylation sites (tertiary alicyclic amines) is 1. The normalized spacial score (nSPS) is 20.5. The van der Waals surface area contributed by atoms with E-state index in [4.69, 9.17) is 0 Å². The maximum atomic E-state index is 11.6. The quantitative estimate of drug-likeness (QED) is 0.721. The molecule has 3 rings (SSSR count). The molecule has 1 aromatic rings. The van der Waals surface area contributed by atoms with Crippen LogP contribution in [0.4, 0.5) is 5.69 Å². The smallest absolute Gasteiger partial charge is 0.230 e. The monoisotopic (exact) mass is 245 g/mol. The van der Waals surface area contributed by atoms with Gasteiger partial charge in [-0.2, -0.15) is 0 Å². The Morgan fingerprint density at radius 1 is 1.22 bits per heavy atom. The van der Waals surface area contributed by atoms with Crippen LogP contribution in [-0.2, 0) is 9.59 Å². The van der Waals surface area contributed by atoms with Gasteiger partial charge in [0.1, 0.15) is 0 Å². The first-order chi connectivity index (χ1) is 8.65. The zero-order valence-electron chi connectivity index (χ0n) is 10.3. The molecule has 0 N–H and O–H groups in total. The summed E-state index contributed by atoms with van der Waals surface area (Å²) in [6.07, 6.45) is 2.54. The number of carbonyl (C=O) groups is 2. The molecule has 0 bridgehead atoms. The highest BCUT2D eigenvalue weighted by molar-refractivity contribution is 6.02. The number of pyridine rings is 1. The first-order valence-corrected chi connectivity index (χ1v) is 6.17. The van der Waals surface area contributed by atoms with E-state index in [0.29, 0.717) is 12.8 Å². The van der Waals surface area contributed by atoms with Crippen molar-refractivity contribution in [1.29, 1.82) is 0 Å². The molecule has 0 saturated carbocycles. The summed E-state index contributed by atoms with van der Waals surface area (Å²) in [6.45, 7) is 3.43. The van der Waals surface area contributed by atoms with Crippen LogP contribution in [0.3, 0.4) is 0 Å². The third-order valence-electron chi connectivity index (χ3n) is 3.56. The van der Waals surface area contributed by atoms with E-state index < -0.39 is 0 Å². The molecule has 0 unspecified atom stereocenters. The van der Waals surface area contributed by atoms with Gasteiger partial charge in [-0.3, -0.25) is 19.5 Å². The van der Waals surface area contributed by atoms with Crippen LogP contribution in [0.15, 0.2) is 18.3 Å². The van der Waals surface area contributed by atoms with Gasteiger partial charge in [0, 0.05) is 43.5 Å². The summed E-state index contributed by atoms with van der Waals surface area (Å²) in [4.78, 5) is 31.0. The minimum absolute atomic E-state index is 0.0180. The fourth-order valence-corrected chi connectivity index (χ4v) is 2.56. The Balaban J connectivity index is 1.67. The Hall–Kier alpha value is -1.91. The Kier molecular flexibility index (Phi) is 2.54. The van der Waals surface area contributed by atoms with E-state index in [1.807, 2.05) is 19.1 Å². The summed E-state index contributed by atoms with van der Waals surface area (Å²) in [5.41, 5.74) is 2.09. The van der Waals surface area contributed by atoms with Crippen LogP contribution < -0.4 is 4.90 Å². The molecule has 0 radical (unpaired) electrons. The second kappa shape index (κ2) is 4.08. The lowest BCUT2D eigenvalue weighted by Gasteiger charge is -2.44. The molecule has 0 spiro atoms. The fourth-order valence-electron chi connectivity index (χ4n) is 2.56. The van der Waals surface area contributed by atoms with Crippen molar-refractivity contribution in [1.82, 2.24) is 9.88 Å². The Labute approximate surface area is 105 Å². The number of nitrogens with zero attached hydrogens (tertiary/aromatic N) is 3. The molecule has 3 heterocycles. The van der Waals surface area contributed by atoms with Gasteiger partial charge >= 0.3 is 0 Å². The van der Waals surface area contributed by atoms with Crippen LogP contribution in [0.25, 0.3) is 0 Å². The number of anilines is 1. The van der Waals surface area contributed by atoms with Gasteiger partial charge in [0.25, 0.3) is 0 Å². The van der Waals surface area contributed by atoms with Crippen LogP contribution in [0.2, 0.25) is 0 Å². The molecule has 2 fully saturated rings. The fraction of sp³-hybridized carbons (Fsp3) is 0.462. The van der Waals surface area contributed by atoms with Crippen LogP contribution in [0, 0.1) is 6.92 Å². The summed E-state index contributed by atoms with van der Waals surface area (Å²) in [5, 5.41) is 0. The number of aryl methyl sites for hydroxylation is 1. The van der Waals surface area contributed by atoms with Crippen molar-refractivity contribution in [3.63, 3.8) is 0 Å². The summed E-state index contributed by atoms with van der Waals surface area (Å²) in [6, 6.07) is 4.03. The van der Waals surface area contributed by atoms with E-state index in [-0.39, 0.29) is 17.9 Å². The minimum atomic E-state index is -0.0180. The zero-order valence-corrected chi connectivity index (χ0v) is 10.3. The summed E-state index contributed by atoms with van der Waals surface area (Å²) in [7, 11) is 0. The molecular weight excluding hydrogens is 230 g/mol. The third kappa shape index (κ3) is 1.75. The van der Waals surface area contributed by atoms with E-state index >= 15 is 0 Å². The van der Waals surface area contributed by atoms with Crippen molar-refractivity contribution >= 4 is 17.5 Å². The number of aromatic nitrogens is 1. The number of amides is 2. The van der Waals surface area contributed by atoms with Crippen LogP contribution in [-0.4, -0.2) is 40.8 Å². The van der Waals surface area contributed by atoms with Gasteiger partial charge in [0.2, 0.25) is 11.8 Å². The molecule has 0 aromatic carbocycles. The second-order valence-electron chi connectivity index (χ2n) is 4.87. The number of hydrogen-bond donors (Lipinski definition) is 0. The predicted molar refractivity (Wildman–Crippen MR) is 66.1 cm³/mol. The highest BCUT2D eigenvalue weighted by atomic mass is 16.2. The third-order valence-corrected chi connectivity index (χ3v) is 3.56. The van der Waals surface area contributed by atoms with Crippen molar-refractivity contribution < 1.29 is 9.59 Å².